The van der Waals surface area contributed by atoms with Crippen molar-refractivity contribution in [3.63, 3.8) is 0 Å². The molecule has 3 nitrogen and oxygen atoms in total. The summed E-state index contributed by atoms with van der Waals surface area (Å²) in [5.74, 6) is 0.983. The van der Waals surface area contributed by atoms with Gasteiger partial charge in [0.05, 0.1) is 0 Å². The molecule has 0 unspecified atom stereocenters. The molecular formula is C15H29N3. The lowest BCUT2D eigenvalue weighted by molar-refractivity contribution is 0.127. The molecule has 0 amide bonds. The van der Waals surface area contributed by atoms with Crippen LogP contribution < -0.4 is 5.32 Å². The lowest BCUT2D eigenvalue weighted by atomic mass is 10.1. The molecule has 104 valence electrons. The fourth-order valence-corrected chi connectivity index (χ4v) is 3.55. The molecule has 1 N–H and O–H groups in total. The van der Waals surface area contributed by atoms with Crippen LogP contribution in [0.4, 0.5) is 0 Å². The molecule has 3 fully saturated rings. The summed E-state index contributed by atoms with van der Waals surface area (Å²) in [6.07, 6.45) is 8.79. The number of nitrogens with one attached hydrogen (secondary N) is 1. The summed E-state index contributed by atoms with van der Waals surface area (Å²) in [6, 6.07) is 0.965. The van der Waals surface area contributed by atoms with E-state index in [0.29, 0.717) is 0 Å². The standard InChI is InChI=1S/C15H29N3/c1-2-4-14(3-1)13-16-7-8-17-9-11-18(12-10-17)15-5-6-15/h14-16H,1-13H2. The number of hydrogen-bond donors (Lipinski definition) is 1. The summed E-state index contributed by atoms with van der Waals surface area (Å²) in [4.78, 5) is 5.34. The summed E-state index contributed by atoms with van der Waals surface area (Å²) in [5.41, 5.74) is 0. The van der Waals surface area contributed by atoms with Gasteiger partial charge in [-0.15, -0.1) is 0 Å². The molecular weight excluding hydrogens is 222 g/mol. The molecule has 3 rings (SSSR count). The third-order valence-electron chi connectivity index (χ3n) is 4.98. The predicted octanol–water partition coefficient (Wildman–Crippen LogP) is 1.55. The first-order valence-electron chi connectivity index (χ1n) is 8.09. The van der Waals surface area contributed by atoms with Crippen molar-refractivity contribution in [3.8, 4) is 0 Å². The zero-order valence-corrected chi connectivity index (χ0v) is 11.7. The van der Waals surface area contributed by atoms with Crippen LogP contribution in [-0.4, -0.2) is 61.7 Å². The molecule has 1 aliphatic heterocycles. The molecule has 3 heteroatoms. The lowest BCUT2D eigenvalue weighted by Gasteiger charge is -2.34. The first-order chi connectivity index (χ1) is 8.92. The minimum atomic E-state index is 0.965. The Kier molecular flexibility index (Phi) is 4.55. The third kappa shape index (κ3) is 3.69. The van der Waals surface area contributed by atoms with Crippen LogP contribution in [-0.2, 0) is 0 Å². The predicted molar refractivity (Wildman–Crippen MR) is 75.9 cm³/mol. The Bertz CT molecular complexity index is 238. The van der Waals surface area contributed by atoms with Crippen molar-refractivity contribution in [1.82, 2.24) is 15.1 Å². The Morgan fingerprint density at radius 2 is 1.61 bits per heavy atom. The highest BCUT2D eigenvalue weighted by Gasteiger charge is 2.30. The average molecular weight is 251 g/mol. The van der Waals surface area contributed by atoms with Crippen LogP contribution in [0.25, 0.3) is 0 Å². The highest BCUT2D eigenvalue weighted by Crippen LogP contribution is 2.27. The Labute approximate surface area is 112 Å². The van der Waals surface area contributed by atoms with Crippen molar-refractivity contribution in [3.05, 3.63) is 0 Å². The molecule has 1 heterocycles. The van der Waals surface area contributed by atoms with Gasteiger partial charge in [-0.2, -0.15) is 0 Å². The van der Waals surface area contributed by atoms with Crippen LogP contribution in [0.15, 0.2) is 0 Å². The fourth-order valence-electron chi connectivity index (χ4n) is 3.55. The normalized spacial score (nSPS) is 28.0. The van der Waals surface area contributed by atoms with Crippen LogP contribution in [0.1, 0.15) is 38.5 Å². The van der Waals surface area contributed by atoms with Gasteiger partial charge < -0.3 is 5.32 Å². The van der Waals surface area contributed by atoms with Gasteiger partial charge >= 0.3 is 0 Å². The second-order valence-corrected chi connectivity index (χ2v) is 6.46. The van der Waals surface area contributed by atoms with E-state index in [1.54, 1.807) is 0 Å². The molecule has 0 spiro atoms. The molecule has 0 radical (unpaired) electrons. The Morgan fingerprint density at radius 3 is 2.28 bits per heavy atom. The molecule has 0 bridgehead atoms. The van der Waals surface area contributed by atoms with Crippen molar-refractivity contribution >= 4 is 0 Å². The van der Waals surface area contributed by atoms with Gasteiger partial charge in [-0.05, 0) is 38.1 Å². The van der Waals surface area contributed by atoms with E-state index in [2.05, 4.69) is 15.1 Å². The highest BCUT2D eigenvalue weighted by atomic mass is 15.3. The summed E-state index contributed by atoms with van der Waals surface area (Å²) >= 11 is 0. The maximum atomic E-state index is 3.67. The van der Waals surface area contributed by atoms with E-state index in [1.165, 1.54) is 84.3 Å². The molecule has 18 heavy (non-hydrogen) atoms. The van der Waals surface area contributed by atoms with E-state index in [-0.39, 0.29) is 0 Å². The van der Waals surface area contributed by atoms with Crippen LogP contribution in [0.2, 0.25) is 0 Å². The smallest absolute Gasteiger partial charge is 0.0113 e. The van der Waals surface area contributed by atoms with Gasteiger partial charge in [0, 0.05) is 45.3 Å². The first kappa shape index (κ1) is 12.9. The van der Waals surface area contributed by atoms with Crippen LogP contribution in [0.5, 0.6) is 0 Å². The van der Waals surface area contributed by atoms with Crippen LogP contribution in [0.3, 0.4) is 0 Å². The molecule has 0 aromatic rings. The SMILES string of the molecule is C1CCC(CNCCN2CCN(C3CC3)CC2)C1. The topological polar surface area (TPSA) is 18.5 Å². The van der Waals surface area contributed by atoms with Gasteiger partial charge in [-0.25, -0.2) is 0 Å². The van der Waals surface area contributed by atoms with Crippen LogP contribution >= 0.6 is 0 Å². The summed E-state index contributed by atoms with van der Waals surface area (Å²) in [5, 5.41) is 3.67. The average Bonchev–Trinajstić information content (AvgIpc) is 3.13. The van der Waals surface area contributed by atoms with Crippen molar-refractivity contribution < 1.29 is 0 Å². The van der Waals surface area contributed by atoms with E-state index < -0.39 is 0 Å². The summed E-state index contributed by atoms with van der Waals surface area (Å²) in [6.45, 7) is 8.93. The third-order valence-corrected chi connectivity index (χ3v) is 4.98. The van der Waals surface area contributed by atoms with Gasteiger partial charge in [0.2, 0.25) is 0 Å². The maximum absolute atomic E-state index is 3.67. The molecule has 0 aromatic carbocycles. The van der Waals surface area contributed by atoms with E-state index in [0.717, 1.165) is 12.0 Å². The molecule has 0 aromatic heterocycles. The number of nitrogens with zero attached hydrogens (tertiary/aromatic N) is 2. The number of rotatable bonds is 6. The molecule has 1 saturated heterocycles. The summed E-state index contributed by atoms with van der Waals surface area (Å²) in [7, 11) is 0. The molecule has 3 aliphatic rings. The summed E-state index contributed by atoms with van der Waals surface area (Å²) < 4.78 is 0. The van der Waals surface area contributed by atoms with E-state index in [1.807, 2.05) is 0 Å². The van der Waals surface area contributed by atoms with Crippen molar-refractivity contribution in [2.45, 2.75) is 44.6 Å². The first-order valence-corrected chi connectivity index (χ1v) is 8.09. The minimum absolute atomic E-state index is 0.965. The molecule has 2 saturated carbocycles. The van der Waals surface area contributed by atoms with Gasteiger partial charge in [0.15, 0.2) is 0 Å². The maximum Gasteiger partial charge on any atom is 0.0113 e. The lowest BCUT2D eigenvalue weighted by Crippen LogP contribution is -2.48. The Hall–Kier alpha value is -0.120. The van der Waals surface area contributed by atoms with Crippen molar-refractivity contribution in [1.29, 1.82) is 0 Å². The van der Waals surface area contributed by atoms with Gasteiger partial charge in [0.25, 0.3) is 0 Å². The van der Waals surface area contributed by atoms with Gasteiger partial charge in [-0.3, -0.25) is 9.80 Å². The second-order valence-electron chi connectivity index (χ2n) is 6.46. The largest absolute Gasteiger partial charge is 0.315 e. The molecule has 0 atom stereocenters. The Balaban J connectivity index is 1.23. The van der Waals surface area contributed by atoms with E-state index in [4.69, 9.17) is 0 Å². The Morgan fingerprint density at radius 1 is 0.889 bits per heavy atom. The number of piperazine rings is 1. The van der Waals surface area contributed by atoms with Gasteiger partial charge in [0.1, 0.15) is 0 Å². The number of hydrogen-bond acceptors (Lipinski definition) is 3. The zero-order chi connectivity index (χ0) is 12.2. The second kappa shape index (κ2) is 6.36. The zero-order valence-electron chi connectivity index (χ0n) is 11.7. The quantitative estimate of drug-likeness (QED) is 0.723. The highest BCUT2D eigenvalue weighted by molar-refractivity contribution is 4.87. The van der Waals surface area contributed by atoms with Crippen molar-refractivity contribution in [2.24, 2.45) is 5.92 Å². The van der Waals surface area contributed by atoms with Gasteiger partial charge in [-0.1, -0.05) is 12.8 Å². The van der Waals surface area contributed by atoms with E-state index >= 15 is 0 Å². The van der Waals surface area contributed by atoms with Crippen LogP contribution in [0, 0.1) is 5.92 Å². The monoisotopic (exact) mass is 251 g/mol. The molecule has 2 aliphatic carbocycles. The van der Waals surface area contributed by atoms with Crippen molar-refractivity contribution in [2.75, 3.05) is 45.8 Å². The minimum Gasteiger partial charge on any atom is -0.315 e. The fraction of sp³-hybridized carbons (Fsp3) is 1.00. The van der Waals surface area contributed by atoms with E-state index in [9.17, 15) is 0 Å².